The van der Waals surface area contributed by atoms with Crippen LogP contribution in [-0.2, 0) is 23.9 Å². The largest absolute Gasteiger partial charge is 0.463 e. The van der Waals surface area contributed by atoms with E-state index in [2.05, 4.69) is 39.0 Å². The molecular formula is C39H66O6. The van der Waals surface area contributed by atoms with Crippen LogP contribution < -0.4 is 0 Å². The van der Waals surface area contributed by atoms with E-state index in [9.17, 15) is 19.5 Å². The van der Waals surface area contributed by atoms with Crippen molar-refractivity contribution in [1.29, 1.82) is 0 Å². The smallest absolute Gasteiger partial charge is 0.305 e. The van der Waals surface area contributed by atoms with Gasteiger partial charge in [-0.2, -0.15) is 0 Å². The Labute approximate surface area is 275 Å². The Morgan fingerprint density at radius 2 is 1.11 bits per heavy atom. The molecule has 0 saturated carbocycles. The molecule has 0 unspecified atom stereocenters. The number of aliphatic hydroxyl groups is 1. The maximum absolute atomic E-state index is 11.9. The Hall–Kier alpha value is -2.47. The Bertz CT molecular complexity index is 838. The number of allylic oxidation sites excluding steroid dienone is 8. The molecule has 6 heteroatoms. The van der Waals surface area contributed by atoms with Gasteiger partial charge in [0, 0.05) is 19.3 Å². The Morgan fingerprint density at radius 3 is 1.71 bits per heavy atom. The second-order valence-corrected chi connectivity index (χ2v) is 12.5. The van der Waals surface area contributed by atoms with Crippen LogP contribution in [0.1, 0.15) is 156 Å². The normalized spacial score (nSPS) is 12.7. The molecule has 0 spiro atoms. The maximum Gasteiger partial charge on any atom is 0.305 e. The van der Waals surface area contributed by atoms with Crippen molar-refractivity contribution < 1.29 is 29.0 Å². The quantitative estimate of drug-likeness (QED) is 0.0269. The fraction of sp³-hybridized carbons (Fsp3) is 0.718. The summed E-state index contributed by atoms with van der Waals surface area (Å²) in [6.07, 6.45) is 35.8. The molecule has 258 valence electrons. The van der Waals surface area contributed by atoms with E-state index < -0.39 is 6.10 Å². The highest BCUT2D eigenvalue weighted by Gasteiger charge is 2.12. The minimum atomic E-state index is -1.00. The van der Waals surface area contributed by atoms with Crippen LogP contribution in [0.2, 0.25) is 0 Å². The van der Waals surface area contributed by atoms with Gasteiger partial charge in [0.1, 0.15) is 19.3 Å². The highest BCUT2D eigenvalue weighted by molar-refractivity contribution is 5.89. The van der Waals surface area contributed by atoms with Gasteiger partial charge in [0.05, 0.1) is 0 Å². The van der Waals surface area contributed by atoms with Crippen LogP contribution in [0.25, 0.3) is 0 Å². The molecule has 0 aromatic rings. The average Bonchev–Trinajstić information content (AvgIpc) is 3.01. The number of ketones is 1. The number of hydrogen-bond donors (Lipinski definition) is 1. The number of carbonyl (C=O) groups excluding carboxylic acids is 3. The predicted molar refractivity (Wildman–Crippen MR) is 187 cm³/mol. The fourth-order valence-corrected chi connectivity index (χ4v) is 4.69. The van der Waals surface area contributed by atoms with E-state index in [4.69, 9.17) is 9.47 Å². The van der Waals surface area contributed by atoms with Crippen LogP contribution in [0.5, 0.6) is 0 Å². The van der Waals surface area contributed by atoms with Crippen molar-refractivity contribution in [3.05, 3.63) is 48.6 Å². The number of rotatable bonds is 31. The number of carbonyl (C=O) groups is 3. The summed E-state index contributed by atoms with van der Waals surface area (Å²) >= 11 is 0. The number of aliphatic hydroxyl groups excluding tert-OH is 1. The molecule has 0 aliphatic rings. The number of hydrogen-bond acceptors (Lipinski definition) is 6. The van der Waals surface area contributed by atoms with E-state index in [0.29, 0.717) is 19.3 Å². The molecule has 1 N–H and O–H groups in total. The van der Waals surface area contributed by atoms with E-state index in [1.807, 2.05) is 24.3 Å². The first-order chi connectivity index (χ1) is 21.8. The molecule has 0 rings (SSSR count). The summed E-state index contributed by atoms with van der Waals surface area (Å²) in [5.74, 6) is 0.341. The van der Waals surface area contributed by atoms with E-state index in [0.717, 1.165) is 63.7 Å². The molecule has 0 bridgehead atoms. The third-order valence-corrected chi connectivity index (χ3v) is 7.47. The SMILES string of the molecule is CCCCCC(=O)/C=C/C=C\C/C=C\C/C=C\CCCC(=O)OC[C@H](O)COC(=O)CCCCCCCCCCCCC(C)C. The summed E-state index contributed by atoms with van der Waals surface area (Å²) < 4.78 is 10.2. The molecule has 45 heavy (non-hydrogen) atoms. The van der Waals surface area contributed by atoms with Crippen molar-refractivity contribution in [2.45, 2.75) is 162 Å². The van der Waals surface area contributed by atoms with Crippen LogP contribution in [0, 0.1) is 5.92 Å². The predicted octanol–water partition coefficient (Wildman–Crippen LogP) is 10.1. The molecular weight excluding hydrogens is 564 g/mol. The van der Waals surface area contributed by atoms with E-state index in [1.165, 1.54) is 51.4 Å². The summed E-state index contributed by atoms with van der Waals surface area (Å²) in [7, 11) is 0. The standard InChI is InChI=1S/C39H66O6/c1-4-5-23-29-36(40)30-25-20-16-12-7-6-8-13-17-21-26-31-38(42)44-33-37(41)34-45-39(43)32-27-22-18-14-10-9-11-15-19-24-28-35(2)3/h6-7,13,16-17,20,25,30,35,37,41H,4-5,8-12,14-15,18-19,21-24,26-29,31-34H2,1-3H3/b7-6-,17-13-,20-16-,30-25+/t37-/m0/s1. The highest BCUT2D eigenvalue weighted by atomic mass is 16.6. The molecule has 0 radical (unpaired) electrons. The summed E-state index contributed by atoms with van der Waals surface area (Å²) in [6, 6.07) is 0. The highest BCUT2D eigenvalue weighted by Crippen LogP contribution is 2.14. The van der Waals surface area contributed by atoms with Crippen molar-refractivity contribution >= 4 is 17.7 Å². The van der Waals surface area contributed by atoms with Gasteiger partial charge < -0.3 is 14.6 Å². The van der Waals surface area contributed by atoms with Crippen molar-refractivity contribution in [2.75, 3.05) is 13.2 Å². The lowest BCUT2D eigenvalue weighted by Crippen LogP contribution is -2.25. The third-order valence-electron chi connectivity index (χ3n) is 7.47. The minimum absolute atomic E-state index is 0.148. The summed E-state index contributed by atoms with van der Waals surface area (Å²) in [5.41, 5.74) is 0. The van der Waals surface area contributed by atoms with Crippen LogP contribution in [0.4, 0.5) is 0 Å². The topological polar surface area (TPSA) is 89.9 Å². The molecule has 0 aliphatic carbocycles. The van der Waals surface area contributed by atoms with E-state index >= 15 is 0 Å². The van der Waals surface area contributed by atoms with Gasteiger partial charge in [-0.25, -0.2) is 0 Å². The van der Waals surface area contributed by atoms with E-state index in [1.54, 1.807) is 6.08 Å². The maximum atomic E-state index is 11.9. The number of ether oxygens (including phenoxy) is 2. The lowest BCUT2D eigenvalue weighted by molar-refractivity contribution is -0.152. The second kappa shape index (κ2) is 32.9. The van der Waals surface area contributed by atoms with Crippen LogP contribution in [-0.4, -0.2) is 42.1 Å². The van der Waals surface area contributed by atoms with Crippen LogP contribution in [0.3, 0.4) is 0 Å². The van der Waals surface area contributed by atoms with Crippen molar-refractivity contribution in [3.63, 3.8) is 0 Å². The van der Waals surface area contributed by atoms with Gasteiger partial charge in [-0.05, 0) is 50.5 Å². The Balaban J connectivity index is 3.62. The molecule has 6 nitrogen and oxygen atoms in total. The summed E-state index contributed by atoms with van der Waals surface area (Å²) in [6.45, 7) is 6.40. The van der Waals surface area contributed by atoms with Crippen LogP contribution >= 0.6 is 0 Å². The Kier molecular flexibility index (Phi) is 31.1. The molecule has 0 heterocycles. The zero-order valence-corrected chi connectivity index (χ0v) is 29.0. The van der Waals surface area contributed by atoms with Gasteiger partial charge in [-0.15, -0.1) is 0 Å². The van der Waals surface area contributed by atoms with Gasteiger partial charge in [-0.3, -0.25) is 14.4 Å². The third kappa shape index (κ3) is 34.2. The van der Waals surface area contributed by atoms with Crippen LogP contribution in [0.15, 0.2) is 48.6 Å². The van der Waals surface area contributed by atoms with Gasteiger partial charge in [0.2, 0.25) is 0 Å². The van der Waals surface area contributed by atoms with E-state index in [-0.39, 0.29) is 37.4 Å². The summed E-state index contributed by atoms with van der Waals surface area (Å²) in [4.78, 5) is 35.5. The lowest BCUT2D eigenvalue weighted by Gasteiger charge is -2.12. The molecule has 1 atom stereocenters. The minimum Gasteiger partial charge on any atom is -0.463 e. The Morgan fingerprint density at radius 1 is 0.600 bits per heavy atom. The lowest BCUT2D eigenvalue weighted by atomic mass is 10.0. The van der Waals surface area contributed by atoms with Gasteiger partial charge >= 0.3 is 11.9 Å². The van der Waals surface area contributed by atoms with Crippen molar-refractivity contribution in [1.82, 2.24) is 0 Å². The first-order valence-corrected chi connectivity index (χ1v) is 18.0. The molecule has 0 aliphatic heterocycles. The van der Waals surface area contributed by atoms with Crippen molar-refractivity contribution in [3.8, 4) is 0 Å². The molecule has 0 aromatic carbocycles. The molecule has 0 amide bonds. The molecule has 0 aromatic heterocycles. The zero-order valence-electron chi connectivity index (χ0n) is 29.0. The first kappa shape index (κ1) is 42.5. The van der Waals surface area contributed by atoms with Gasteiger partial charge in [0.15, 0.2) is 5.78 Å². The zero-order chi connectivity index (χ0) is 33.2. The number of unbranched alkanes of at least 4 members (excludes halogenated alkanes) is 12. The monoisotopic (exact) mass is 630 g/mol. The molecule has 0 fully saturated rings. The van der Waals surface area contributed by atoms with Gasteiger partial charge in [0.25, 0.3) is 0 Å². The fourth-order valence-electron chi connectivity index (χ4n) is 4.69. The average molecular weight is 631 g/mol. The summed E-state index contributed by atoms with van der Waals surface area (Å²) in [5, 5.41) is 9.97. The van der Waals surface area contributed by atoms with Gasteiger partial charge in [-0.1, -0.05) is 140 Å². The second-order valence-electron chi connectivity index (χ2n) is 12.5. The number of esters is 2. The first-order valence-electron chi connectivity index (χ1n) is 18.0. The molecule has 0 saturated heterocycles. The van der Waals surface area contributed by atoms with Crippen molar-refractivity contribution in [2.24, 2.45) is 5.92 Å².